The van der Waals surface area contributed by atoms with Crippen LogP contribution >= 0.6 is 11.8 Å². The molecule has 1 aromatic rings. The first-order valence-electron chi connectivity index (χ1n) is 10.1. The average molecular weight is 445 g/mol. The standard InChI is InChI=1S/C17H28N6O4S2/c1-2-22(10-15(24)18-13-8-9-29(26,27)12-13)16(25)11-28-17-19-20-21-23(17)14-6-4-3-5-7-14/h13-14H,2-12H2,1H3,(H,18,24). The molecular weight excluding hydrogens is 416 g/mol. The van der Waals surface area contributed by atoms with Gasteiger partial charge in [0, 0.05) is 12.6 Å². The molecule has 29 heavy (non-hydrogen) atoms. The van der Waals surface area contributed by atoms with Crippen molar-refractivity contribution < 1.29 is 18.0 Å². The zero-order chi connectivity index (χ0) is 20.9. The molecule has 1 saturated heterocycles. The molecule has 1 unspecified atom stereocenters. The molecule has 2 heterocycles. The van der Waals surface area contributed by atoms with Crippen molar-refractivity contribution in [2.75, 3.05) is 30.3 Å². The lowest BCUT2D eigenvalue weighted by Gasteiger charge is -2.23. The van der Waals surface area contributed by atoms with E-state index in [9.17, 15) is 18.0 Å². The van der Waals surface area contributed by atoms with Crippen LogP contribution in [0.1, 0.15) is 51.5 Å². The van der Waals surface area contributed by atoms with Crippen molar-refractivity contribution in [3.8, 4) is 0 Å². The third kappa shape index (κ3) is 6.14. The lowest BCUT2D eigenvalue weighted by atomic mass is 9.96. The van der Waals surface area contributed by atoms with Crippen molar-refractivity contribution in [3.63, 3.8) is 0 Å². The first-order chi connectivity index (χ1) is 13.9. The highest BCUT2D eigenvalue weighted by atomic mass is 32.2. The number of hydrogen-bond acceptors (Lipinski definition) is 8. The third-order valence-corrected chi connectivity index (χ3v) is 8.06. The number of carbonyl (C=O) groups is 2. The fourth-order valence-electron chi connectivity index (χ4n) is 3.78. The van der Waals surface area contributed by atoms with Crippen LogP contribution in [0, 0.1) is 0 Å². The predicted octanol–water partition coefficient (Wildman–Crippen LogP) is 0.422. The fourth-order valence-corrected chi connectivity index (χ4v) is 6.31. The van der Waals surface area contributed by atoms with Crippen LogP contribution in [0.2, 0.25) is 0 Å². The molecule has 0 spiro atoms. The smallest absolute Gasteiger partial charge is 0.239 e. The topological polar surface area (TPSA) is 127 Å². The molecule has 162 valence electrons. The van der Waals surface area contributed by atoms with Gasteiger partial charge in [0.25, 0.3) is 0 Å². The number of amides is 2. The highest BCUT2D eigenvalue weighted by Gasteiger charge is 2.29. The van der Waals surface area contributed by atoms with Crippen LogP contribution in [0.4, 0.5) is 0 Å². The Morgan fingerprint density at radius 1 is 1.24 bits per heavy atom. The number of thioether (sulfide) groups is 1. The zero-order valence-corrected chi connectivity index (χ0v) is 18.3. The van der Waals surface area contributed by atoms with Crippen molar-refractivity contribution in [2.45, 2.75) is 62.7 Å². The predicted molar refractivity (Wildman–Crippen MR) is 108 cm³/mol. The van der Waals surface area contributed by atoms with E-state index in [0.717, 1.165) is 25.7 Å². The van der Waals surface area contributed by atoms with E-state index in [2.05, 4.69) is 20.8 Å². The number of hydrogen-bond donors (Lipinski definition) is 1. The Hall–Kier alpha value is -1.69. The van der Waals surface area contributed by atoms with Gasteiger partial charge >= 0.3 is 0 Å². The lowest BCUT2D eigenvalue weighted by Crippen LogP contribution is -2.45. The number of nitrogens with one attached hydrogen (secondary N) is 1. The number of nitrogens with zero attached hydrogens (tertiary/aromatic N) is 5. The first-order valence-corrected chi connectivity index (χ1v) is 12.9. The largest absolute Gasteiger partial charge is 0.351 e. The lowest BCUT2D eigenvalue weighted by molar-refractivity contribution is -0.134. The van der Waals surface area contributed by atoms with E-state index in [-0.39, 0.29) is 47.7 Å². The highest BCUT2D eigenvalue weighted by Crippen LogP contribution is 2.30. The minimum Gasteiger partial charge on any atom is -0.351 e. The van der Waals surface area contributed by atoms with E-state index in [0.29, 0.717) is 18.1 Å². The van der Waals surface area contributed by atoms with Gasteiger partial charge in [-0.15, -0.1) is 5.10 Å². The minimum atomic E-state index is -3.06. The van der Waals surface area contributed by atoms with E-state index in [4.69, 9.17) is 0 Å². The molecule has 10 nitrogen and oxygen atoms in total. The van der Waals surface area contributed by atoms with Crippen molar-refractivity contribution >= 4 is 33.4 Å². The van der Waals surface area contributed by atoms with Gasteiger partial charge in [-0.1, -0.05) is 31.0 Å². The van der Waals surface area contributed by atoms with Gasteiger partial charge in [-0.05, 0) is 36.6 Å². The number of rotatable bonds is 8. The van der Waals surface area contributed by atoms with E-state index >= 15 is 0 Å². The Bertz CT molecular complexity index is 822. The Kier molecular flexibility index (Phi) is 7.49. The van der Waals surface area contributed by atoms with Gasteiger partial charge in [-0.2, -0.15) is 0 Å². The van der Waals surface area contributed by atoms with E-state index < -0.39 is 9.84 Å². The second-order valence-electron chi connectivity index (χ2n) is 7.56. The van der Waals surface area contributed by atoms with Gasteiger partial charge in [-0.3, -0.25) is 9.59 Å². The van der Waals surface area contributed by atoms with Gasteiger partial charge in [-0.25, -0.2) is 13.1 Å². The van der Waals surface area contributed by atoms with Crippen LogP contribution in [0.5, 0.6) is 0 Å². The maximum atomic E-state index is 12.6. The Morgan fingerprint density at radius 3 is 2.66 bits per heavy atom. The molecule has 2 aliphatic rings. The number of likely N-dealkylation sites (N-methyl/N-ethyl adjacent to an activating group) is 1. The van der Waals surface area contributed by atoms with Crippen LogP contribution in [-0.2, 0) is 19.4 Å². The summed E-state index contributed by atoms with van der Waals surface area (Å²) >= 11 is 1.28. The van der Waals surface area contributed by atoms with E-state index in [1.165, 1.54) is 23.1 Å². The molecule has 1 aliphatic carbocycles. The maximum absolute atomic E-state index is 12.6. The molecule has 3 rings (SSSR count). The second kappa shape index (κ2) is 9.88. The quantitative estimate of drug-likeness (QED) is 0.572. The van der Waals surface area contributed by atoms with Crippen molar-refractivity contribution in [2.24, 2.45) is 0 Å². The molecule has 1 atom stereocenters. The molecule has 1 N–H and O–H groups in total. The third-order valence-electron chi connectivity index (χ3n) is 5.37. The highest BCUT2D eigenvalue weighted by molar-refractivity contribution is 7.99. The summed E-state index contributed by atoms with van der Waals surface area (Å²) in [5.74, 6) is -0.296. The van der Waals surface area contributed by atoms with Crippen LogP contribution < -0.4 is 5.32 Å². The molecule has 2 amide bonds. The van der Waals surface area contributed by atoms with Crippen LogP contribution in [0.25, 0.3) is 0 Å². The zero-order valence-electron chi connectivity index (χ0n) is 16.6. The molecule has 2 fully saturated rings. The Labute approximate surface area is 175 Å². The SMILES string of the molecule is CCN(CC(=O)NC1CCS(=O)(=O)C1)C(=O)CSc1nnnn1C1CCCCC1. The molecule has 0 aromatic carbocycles. The molecular formula is C17H28N6O4S2. The van der Waals surface area contributed by atoms with E-state index in [1.54, 1.807) is 0 Å². The van der Waals surface area contributed by atoms with Gasteiger partial charge < -0.3 is 10.2 Å². The maximum Gasteiger partial charge on any atom is 0.239 e. The van der Waals surface area contributed by atoms with Gasteiger partial charge in [0.2, 0.25) is 17.0 Å². The normalized spacial score (nSPS) is 21.8. The van der Waals surface area contributed by atoms with Gasteiger partial charge in [0.15, 0.2) is 9.84 Å². The molecule has 12 heteroatoms. The number of sulfone groups is 1. The van der Waals surface area contributed by atoms with Gasteiger partial charge in [0.05, 0.1) is 29.8 Å². The van der Waals surface area contributed by atoms with Crippen LogP contribution in [0.15, 0.2) is 5.16 Å². The number of tetrazole rings is 1. The van der Waals surface area contributed by atoms with E-state index in [1.807, 2.05) is 11.6 Å². The summed E-state index contributed by atoms with van der Waals surface area (Å²) < 4.78 is 24.8. The Balaban J connectivity index is 1.49. The molecule has 0 bridgehead atoms. The summed E-state index contributed by atoms with van der Waals surface area (Å²) in [7, 11) is -3.06. The van der Waals surface area contributed by atoms with Crippen molar-refractivity contribution in [1.29, 1.82) is 0 Å². The van der Waals surface area contributed by atoms with Crippen molar-refractivity contribution in [3.05, 3.63) is 0 Å². The average Bonchev–Trinajstić information content (AvgIpc) is 3.30. The number of carbonyl (C=O) groups excluding carboxylic acids is 2. The minimum absolute atomic E-state index is 0.0293. The molecule has 1 aromatic heterocycles. The van der Waals surface area contributed by atoms with Crippen LogP contribution in [0.3, 0.4) is 0 Å². The molecule has 1 saturated carbocycles. The number of aromatic nitrogens is 4. The molecule has 0 radical (unpaired) electrons. The first kappa shape index (κ1) is 22.0. The van der Waals surface area contributed by atoms with Gasteiger partial charge in [0.1, 0.15) is 0 Å². The summed E-state index contributed by atoms with van der Waals surface area (Å²) in [6.45, 7) is 2.12. The summed E-state index contributed by atoms with van der Waals surface area (Å²) in [5.41, 5.74) is 0. The summed E-state index contributed by atoms with van der Waals surface area (Å²) in [5, 5.41) is 15.3. The van der Waals surface area contributed by atoms with Crippen LogP contribution in [-0.4, -0.2) is 81.7 Å². The summed E-state index contributed by atoms with van der Waals surface area (Å²) in [6, 6.07) is -0.0806. The summed E-state index contributed by atoms with van der Waals surface area (Å²) in [6.07, 6.45) is 6.08. The monoisotopic (exact) mass is 444 g/mol. The molecule has 1 aliphatic heterocycles. The summed E-state index contributed by atoms with van der Waals surface area (Å²) in [4.78, 5) is 26.3. The fraction of sp³-hybridized carbons (Fsp3) is 0.824. The second-order valence-corrected chi connectivity index (χ2v) is 10.7. The Morgan fingerprint density at radius 2 is 2.00 bits per heavy atom. The van der Waals surface area contributed by atoms with Crippen molar-refractivity contribution in [1.82, 2.24) is 30.4 Å².